The summed E-state index contributed by atoms with van der Waals surface area (Å²) in [5, 5.41) is 2.68. The van der Waals surface area contributed by atoms with E-state index in [9.17, 15) is 13.6 Å². The van der Waals surface area contributed by atoms with Crippen molar-refractivity contribution in [1.82, 2.24) is 14.9 Å². The lowest BCUT2D eigenvalue weighted by molar-refractivity contribution is 0.0954. The van der Waals surface area contributed by atoms with Gasteiger partial charge in [-0.2, -0.15) is 0 Å². The van der Waals surface area contributed by atoms with Crippen LogP contribution in [0.25, 0.3) is 16.0 Å². The zero-order valence-corrected chi connectivity index (χ0v) is 18.0. The molecule has 0 atom stereocenters. The molecule has 0 bridgehead atoms. The van der Waals surface area contributed by atoms with Crippen LogP contribution >= 0.6 is 11.3 Å². The van der Waals surface area contributed by atoms with E-state index in [1.54, 1.807) is 13.2 Å². The Bertz CT molecular complexity index is 1250. The molecule has 31 heavy (non-hydrogen) atoms. The molecule has 0 aliphatic rings. The fourth-order valence-electron chi connectivity index (χ4n) is 3.16. The fraction of sp³-hybridized carbons (Fsp3) is 0.182. The number of benzene rings is 2. The lowest BCUT2D eigenvalue weighted by Crippen LogP contribution is -2.22. The molecule has 2 aromatic heterocycles. The summed E-state index contributed by atoms with van der Waals surface area (Å²) in [5.41, 5.74) is 1.78. The Morgan fingerprint density at radius 1 is 1.16 bits per heavy atom. The second-order valence-electron chi connectivity index (χ2n) is 7.06. The van der Waals surface area contributed by atoms with Gasteiger partial charge in [0.1, 0.15) is 27.7 Å². The van der Waals surface area contributed by atoms with Crippen LogP contribution in [0.3, 0.4) is 0 Å². The highest BCUT2D eigenvalue weighted by Gasteiger charge is 2.20. The Morgan fingerprint density at radius 2 is 1.90 bits per heavy atom. The summed E-state index contributed by atoms with van der Waals surface area (Å²) in [6.45, 7) is -0.0398. The molecule has 1 amide bonds. The Labute approximate surface area is 181 Å². The quantitative estimate of drug-likeness (QED) is 0.482. The van der Waals surface area contributed by atoms with E-state index in [1.807, 2.05) is 47.8 Å². The number of thiophene rings is 1. The molecule has 0 unspecified atom stereocenters. The monoisotopic (exact) mass is 442 g/mol. The molecule has 1 N–H and O–H groups in total. The van der Waals surface area contributed by atoms with Crippen molar-refractivity contribution in [3.8, 4) is 11.4 Å². The number of imidazole rings is 1. The van der Waals surface area contributed by atoms with Gasteiger partial charge in [0.2, 0.25) is 5.95 Å². The molecule has 4 rings (SSSR count). The first-order valence-electron chi connectivity index (χ1n) is 9.43. The highest BCUT2D eigenvalue weighted by Crippen LogP contribution is 2.33. The number of methoxy groups -OCH3 is 1. The van der Waals surface area contributed by atoms with E-state index in [4.69, 9.17) is 4.74 Å². The number of carbonyl (C=O) groups is 1. The average molecular weight is 442 g/mol. The van der Waals surface area contributed by atoms with Crippen LogP contribution in [-0.4, -0.2) is 36.7 Å². The summed E-state index contributed by atoms with van der Waals surface area (Å²) in [6, 6.07) is 12.5. The third kappa shape index (κ3) is 4.09. The van der Waals surface area contributed by atoms with Crippen LogP contribution in [0.5, 0.6) is 5.75 Å². The maximum atomic E-state index is 13.8. The van der Waals surface area contributed by atoms with E-state index in [1.165, 1.54) is 17.4 Å². The van der Waals surface area contributed by atoms with Crippen molar-refractivity contribution >= 4 is 33.5 Å². The molecule has 0 spiro atoms. The van der Waals surface area contributed by atoms with E-state index < -0.39 is 11.6 Å². The Morgan fingerprint density at radius 3 is 2.55 bits per heavy atom. The number of halogens is 2. The Hall–Kier alpha value is -3.46. The normalized spacial score (nSPS) is 11.0. The number of nitrogens with zero attached hydrogens (tertiary/aromatic N) is 3. The van der Waals surface area contributed by atoms with Crippen molar-refractivity contribution in [3.63, 3.8) is 0 Å². The van der Waals surface area contributed by atoms with Gasteiger partial charge in [-0.1, -0.05) is 6.07 Å². The topological polar surface area (TPSA) is 59.4 Å². The van der Waals surface area contributed by atoms with Gasteiger partial charge >= 0.3 is 0 Å². The molecule has 2 aromatic carbocycles. The highest BCUT2D eigenvalue weighted by atomic mass is 32.1. The summed E-state index contributed by atoms with van der Waals surface area (Å²) in [7, 11) is 5.41. The molecule has 0 fully saturated rings. The van der Waals surface area contributed by atoms with Crippen LogP contribution in [-0.2, 0) is 6.54 Å². The number of amides is 1. The van der Waals surface area contributed by atoms with Crippen LogP contribution in [0.15, 0.2) is 48.5 Å². The number of hydrogen-bond donors (Lipinski definition) is 1. The van der Waals surface area contributed by atoms with Crippen LogP contribution in [0.2, 0.25) is 0 Å². The molecule has 0 aliphatic carbocycles. The molecule has 160 valence electrons. The number of fused-ring (bicyclic) bond motifs is 1. The van der Waals surface area contributed by atoms with Crippen LogP contribution < -0.4 is 15.0 Å². The van der Waals surface area contributed by atoms with Gasteiger partial charge in [0.05, 0.1) is 17.7 Å². The second-order valence-corrected chi connectivity index (χ2v) is 8.09. The van der Waals surface area contributed by atoms with Gasteiger partial charge in [-0.3, -0.25) is 9.36 Å². The molecule has 9 heteroatoms. The summed E-state index contributed by atoms with van der Waals surface area (Å²) >= 11 is 1.29. The molecule has 0 saturated heterocycles. The number of carbonyl (C=O) groups excluding carboxylic acids is 1. The smallest absolute Gasteiger partial charge is 0.261 e. The number of nitrogens with one attached hydrogen (secondary N) is 1. The lowest BCUT2D eigenvalue weighted by atomic mass is 10.2. The van der Waals surface area contributed by atoms with E-state index in [-0.39, 0.29) is 18.0 Å². The molecule has 0 radical (unpaired) electrons. The highest BCUT2D eigenvalue weighted by molar-refractivity contribution is 7.20. The maximum Gasteiger partial charge on any atom is 0.261 e. The first-order chi connectivity index (χ1) is 14.9. The van der Waals surface area contributed by atoms with Crippen LogP contribution in [0.4, 0.5) is 14.7 Å². The first kappa shape index (κ1) is 20.8. The van der Waals surface area contributed by atoms with E-state index in [0.717, 1.165) is 34.3 Å². The van der Waals surface area contributed by atoms with E-state index in [0.29, 0.717) is 10.4 Å². The zero-order chi connectivity index (χ0) is 22.1. The number of rotatable bonds is 6. The molecular weight excluding hydrogens is 422 g/mol. The predicted octanol–water partition coefficient (Wildman–Crippen LogP) is 4.37. The van der Waals surface area contributed by atoms with Crippen molar-refractivity contribution in [2.75, 3.05) is 26.1 Å². The van der Waals surface area contributed by atoms with Crippen LogP contribution in [0, 0.1) is 11.6 Å². The number of aromatic nitrogens is 2. The van der Waals surface area contributed by atoms with E-state index in [2.05, 4.69) is 10.3 Å². The fourth-order valence-corrected chi connectivity index (χ4v) is 4.20. The van der Waals surface area contributed by atoms with Gasteiger partial charge in [-0.15, -0.1) is 11.3 Å². The van der Waals surface area contributed by atoms with Gasteiger partial charge in [-0.25, -0.2) is 13.8 Å². The van der Waals surface area contributed by atoms with Gasteiger partial charge in [0.25, 0.3) is 5.91 Å². The third-order valence-corrected chi connectivity index (χ3v) is 5.83. The minimum absolute atomic E-state index is 0.0398. The van der Waals surface area contributed by atoms with E-state index >= 15 is 0 Å². The number of hydrogen-bond acceptors (Lipinski definition) is 5. The van der Waals surface area contributed by atoms with Gasteiger partial charge in [0.15, 0.2) is 0 Å². The van der Waals surface area contributed by atoms with Gasteiger partial charge in [0, 0.05) is 32.3 Å². The second kappa shape index (κ2) is 8.35. The summed E-state index contributed by atoms with van der Waals surface area (Å²) in [6.07, 6.45) is 0. The molecule has 2 heterocycles. The average Bonchev–Trinajstić information content (AvgIpc) is 3.31. The molecule has 6 nitrogen and oxygen atoms in total. The minimum atomic E-state index is -0.695. The molecule has 0 saturated carbocycles. The Kier molecular flexibility index (Phi) is 5.60. The van der Waals surface area contributed by atoms with Gasteiger partial charge in [-0.05, 0) is 36.4 Å². The Balaban J connectivity index is 1.64. The largest absolute Gasteiger partial charge is 0.497 e. The number of anilines is 1. The van der Waals surface area contributed by atoms with Crippen molar-refractivity contribution < 1.29 is 18.3 Å². The van der Waals surface area contributed by atoms with Gasteiger partial charge < -0.3 is 15.0 Å². The summed E-state index contributed by atoms with van der Waals surface area (Å²) in [4.78, 5) is 20.5. The lowest BCUT2D eigenvalue weighted by Gasteiger charge is -2.15. The molecular formula is C22H20F2N4O2S. The van der Waals surface area contributed by atoms with Crippen molar-refractivity contribution in [3.05, 3.63) is 70.6 Å². The predicted molar refractivity (Wildman–Crippen MR) is 117 cm³/mol. The summed E-state index contributed by atoms with van der Waals surface area (Å²) in [5.74, 6) is -0.229. The zero-order valence-electron chi connectivity index (χ0n) is 17.1. The summed E-state index contributed by atoms with van der Waals surface area (Å²) < 4.78 is 34.1. The standard InChI is InChI=1S/C22H20F2N4O2S/c1-27(2)22-26-18-11-19(20(29)25-12-13-4-5-14(23)10-17(13)24)31-21(18)28(22)15-6-8-16(30-3)9-7-15/h4-11H,12H2,1-3H3,(H,25,29). The van der Waals surface area contributed by atoms with Crippen molar-refractivity contribution in [1.29, 1.82) is 0 Å². The minimum Gasteiger partial charge on any atom is -0.497 e. The maximum absolute atomic E-state index is 13.8. The van der Waals surface area contributed by atoms with Crippen molar-refractivity contribution in [2.45, 2.75) is 6.54 Å². The number of ether oxygens (including phenoxy) is 1. The molecule has 4 aromatic rings. The van der Waals surface area contributed by atoms with Crippen molar-refractivity contribution in [2.24, 2.45) is 0 Å². The molecule has 0 aliphatic heterocycles. The van der Waals surface area contributed by atoms with Crippen LogP contribution in [0.1, 0.15) is 15.2 Å². The SMILES string of the molecule is COc1ccc(-n2c(N(C)C)nc3cc(C(=O)NCc4ccc(F)cc4F)sc32)cc1. The first-order valence-corrected chi connectivity index (χ1v) is 10.2. The third-order valence-electron chi connectivity index (χ3n) is 4.73.